The minimum Gasteiger partial charge on any atom is -0.350 e. The van der Waals surface area contributed by atoms with Crippen molar-refractivity contribution >= 4 is 11.8 Å². The highest BCUT2D eigenvalue weighted by molar-refractivity contribution is 6.21. The van der Waals surface area contributed by atoms with Gasteiger partial charge in [-0.3, -0.25) is 14.5 Å². The number of carbonyl (C=O) groups excluding carboxylic acids is 2. The highest BCUT2D eigenvalue weighted by atomic mass is 16.7. The summed E-state index contributed by atoms with van der Waals surface area (Å²) in [6, 6.07) is 6.60. The van der Waals surface area contributed by atoms with Crippen LogP contribution in [0.1, 0.15) is 47.9 Å². The number of carbonyl (C=O) groups is 2. The highest BCUT2D eigenvalue weighted by Gasteiger charge is 2.43. The SMILES string of the molecule is C[C@H]([C@@H]1CCOC(C)(C)O1)N1C(=O)c2ccccc2C1=O. The summed E-state index contributed by atoms with van der Waals surface area (Å²) in [5.41, 5.74) is 0.946. The molecule has 112 valence electrons. The van der Waals surface area contributed by atoms with Crippen LogP contribution in [0.5, 0.6) is 0 Å². The molecule has 0 aliphatic carbocycles. The van der Waals surface area contributed by atoms with Gasteiger partial charge >= 0.3 is 0 Å². The molecule has 5 nitrogen and oxygen atoms in total. The van der Waals surface area contributed by atoms with Crippen LogP contribution in [0.4, 0.5) is 0 Å². The minimum atomic E-state index is -0.685. The predicted molar refractivity (Wildman–Crippen MR) is 75.9 cm³/mol. The maximum atomic E-state index is 12.5. The number of benzene rings is 1. The molecule has 2 heterocycles. The number of hydrogen-bond acceptors (Lipinski definition) is 4. The first-order valence-electron chi connectivity index (χ1n) is 7.19. The van der Waals surface area contributed by atoms with E-state index < -0.39 is 5.79 Å². The summed E-state index contributed by atoms with van der Waals surface area (Å²) < 4.78 is 11.4. The lowest BCUT2D eigenvalue weighted by molar-refractivity contribution is -0.279. The largest absolute Gasteiger partial charge is 0.350 e. The molecule has 1 aromatic rings. The van der Waals surface area contributed by atoms with E-state index in [-0.39, 0.29) is 24.0 Å². The van der Waals surface area contributed by atoms with Crippen molar-refractivity contribution < 1.29 is 19.1 Å². The van der Waals surface area contributed by atoms with Gasteiger partial charge in [-0.1, -0.05) is 12.1 Å². The third-order valence-electron chi connectivity index (χ3n) is 4.06. The van der Waals surface area contributed by atoms with Gasteiger partial charge in [0, 0.05) is 0 Å². The summed E-state index contributed by atoms with van der Waals surface area (Å²) >= 11 is 0. The van der Waals surface area contributed by atoms with Crippen LogP contribution >= 0.6 is 0 Å². The van der Waals surface area contributed by atoms with Gasteiger partial charge < -0.3 is 9.47 Å². The van der Waals surface area contributed by atoms with Crippen LogP contribution in [0.25, 0.3) is 0 Å². The summed E-state index contributed by atoms with van der Waals surface area (Å²) in [6.07, 6.45) is 0.453. The molecule has 21 heavy (non-hydrogen) atoms. The van der Waals surface area contributed by atoms with Crippen molar-refractivity contribution in [3.8, 4) is 0 Å². The number of rotatable bonds is 2. The van der Waals surface area contributed by atoms with E-state index in [0.29, 0.717) is 24.2 Å². The first-order chi connectivity index (χ1) is 9.91. The number of fused-ring (bicyclic) bond motifs is 1. The number of amides is 2. The van der Waals surface area contributed by atoms with Crippen molar-refractivity contribution in [2.75, 3.05) is 6.61 Å². The molecule has 1 saturated heterocycles. The van der Waals surface area contributed by atoms with Gasteiger partial charge in [-0.05, 0) is 39.3 Å². The summed E-state index contributed by atoms with van der Waals surface area (Å²) in [4.78, 5) is 26.3. The lowest BCUT2D eigenvalue weighted by atomic mass is 10.1. The van der Waals surface area contributed by atoms with E-state index in [1.165, 1.54) is 4.90 Å². The predicted octanol–water partition coefficient (Wildman–Crippen LogP) is 2.21. The van der Waals surface area contributed by atoms with E-state index in [1.807, 2.05) is 20.8 Å². The Balaban J connectivity index is 1.85. The van der Waals surface area contributed by atoms with Crippen LogP contribution in [0.2, 0.25) is 0 Å². The molecule has 5 heteroatoms. The summed E-state index contributed by atoms with van der Waals surface area (Å²) in [5, 5.41) is 0. The van der Waals surface area contributed by atoms with Crippen LogP contribution < -0.4 is 0 Å². The standard InChI is InChI=1S/C16H19NO4/c1-10(13-8-9-20-16(2,3)21-13)17-14(18)11-6-4-5-7-12(11)15(17)19/h4-7,10,13H,8-9H2,1-3H3/t10-,13+/m1/s1. The number of nitrogens with zero attached hydrogens (tertiary/aromatic N) is 1. The zero-order chi connectivity index (χ0) is 15.2. The molecular formula is C16H19NO4. The van der Waals surface area contributed by atoms with E-state index >= 15 is 0 Å². The van der Waals surface area contributed by atoms with Gasteiger partial charge in [-0.25, -0.2) is 0 Å². The highest BCUT2D eigenvalue weighted by Crippen LogP contribution is 2.30. The molecule has 0 N–H and O–H groups in total. The normalized spacial score (nSPS) is 25.9. The molecule has 0 bridgehead atoms. The summed E-state index contributed by atoms with van der Waals surface area (Å²) in [5.74, 6) is -1.16. The first kappa shape index (κ1) is 14.2. The summed E-state index contributed by atoms with van der Waals surface area (Å²) in [7, 11) is 0. The molecule has 0 unspecified atom stereocenters. The van der Waals surface area contributed by atoms with E-state index in [9.17, 15) is 9.59 Å². The molecule has 2 atom stereocenters. The molecule has 0 spiro atoms. The maximum absolute atomic E-state index is 12.5. The fourth-order valence-electron chi connectivity index (χ4n) is 2.96. The first-order valence-corrected chi connectivity index (χ1v) is 7.19. The lowest BCUT2D eigenvalue weighted by Crippen LogP contribution is -2.51. The van der Waals surface area contributed by atoms with Crippen LogP contribution in [0, 0.1) is 0 Å². The Hall–Kier alpha value is -1.72. The zero-order valence-electron chi connectivity index (χ0n) is 12.5. The van der Waals surface area contributed by atoms with Gasteiger partial charge in [0.1, 0.15) is 0 Å². The molecule has 0 saturated carbocycles. The second-order valence-electron chi connectivity index (χ2n) is 5.96. The Morgan fingerprint density at radius 3 is 2.29 bits per heavy atom. The van der Waals surface area contributed by atoms with Crippen molar-refractivity contribution in [2.45, 2.75) is 45.1 Å². The number of hydrogen-bond donors (Lipinski definition) is 0. The minimum absolute atomic E-state index is 0.212. The fraction of sp³-hybridized carbons (Fsp3) is 0.500. The molecule has 3 rings (SSSR count). The van der Waals surface area contributed by atoms with Crippen molar-refractivity contribution in [1.82, 2.24) is 4.90 Å². The molecule has 0 radical (unpaired) electrons. The third kappa shape index (κ3) is 2.36. The Morgan fingerprint density at radius 2 is 1.76 bits per heavy atom. The number of ether oxygens (including phenoxy) is 2. The summed E-state index contributed by atoms with van der Waals surface area (Å²) in [6.45, 7) is 6.10. The van der Waals surface area contributed by atoms with E-state index in [4.69, 9.17) is 9.47 Å². The molecule has 2 amide bonds. The van der Waals surface area contributed by atoms with E-state index in [2.05, 4.69) is 0 Å². The van der Waals surface area contributed by atoms with Crippen molar-refractivity contribution in [2.24, 2.45) is 0 Å². The van der Waals surface area contributed by atoms with E-state index in [1.54, 1.807) is 24.3 Å². The quantitative estimate of drug-likeness (QED) is 0.783. The van der Waals surface area contributed by atoms with E-state index in [0.717, 1.165) is 0 Å². The maximum Gasteiger partial charge on any atom is 0.261 e. The molecule has 1 aromatic carbocycles. The number of imide groups is 1. The van der Waals surface area contributed by atoms with Crippen LogP contribution in [0.15, 0.2) is 24.3 Å². The van der Waals surface area contributed by atoms with Gasteiger partial charge in [-0.15, -0.1) is 0 Å². The van der Waals surface area contributed by atoms with Gasteiger partial charge in [0.15, 0.2) is 5.79 Å². The Bertz CT molecular complexity index is 561. The average Bonchev–Trinajstić information content (AvgIpc) is 2.70. The molecule has 2 aliphatic rings. The van der Waals surface area contributed by atoms with Gasteiger partial charge in [-0.2, -0.15) is 0 Å². The van der Waals surface area contributed by atoms with Crippen LogP contribution in [-0.2, 0) is 9.47 Å². The second kappa shape index (κ2) is 4.93. The molecular weight excluding hydrogens is 270 g/mol. The Morgan fingerprint density at radius 1 is 1.19 bits per heavy atom. The second-order valence-corrected chi connectivity index (χ2v) is 5.96. The van der Waals surface area contributed by atoms with Crippen molar-refractivity contribution in [1.29, 1.82) is 0 Å². The van der Waals surface area contributed by atoms with Crippen LogP contribution in [-0.4, -0.2) is 41.3 Å². The fourth-order valence-corrected chi connectivity index (χ4v) is 2.96. The Labute approximate surface area is 123 Å². The smallest absolute Gasteiger partial charge is 0.261 e. The third-order valence-corrected chi connectivity index (χ3v) is 4.06. The zero-order valence-corrected chi connectivity index (χ0v) is 12.5. The Kier molecular flexibility index (Phi) is 3.34. The van der Waals surface area contributed by atoms with Gasteiger partial charge in [0.2, 0.25) is 0 Å². The van der Waals surface area contributed by atoms with Gasteiger partial charge in [0.25, 0.3) is 11.8 Å². The average molecular weight is 289 g/mol. The van der Waals surface area contributed by atoms with Crippen molar-refractivity contribution in [3.63, 3.8) is 0 Å². The van der Waals surface area contributed by atoms with Crippen LogP contribution in [0.3, 0.4) is 0 Å². The lowest BCUT2D eigenvalue weighted by Gasteiger charge is -2.40. The van der Waals surface area contributed by atoms with Crippen molar-refractivity contribution in [3.05, 3.63) is 35.4 Å². The topological polar surface area (TPSA) is 55.8 Å². The molecule has 2 aliphatic heterocycles. The van der Waals surface area contributed by atoms with Gasteiger partial charge in [0.05, 0.1) is 29.9 Å². The molecule has 0 aromatic heterocycles. The monoisotopic (exact) mass is 289 g/mol. The molecule has 1 fully saturated rings.